The third-order valence-corrected chi connectivity index (χ3v) is 1.54. The Bertz CT molecular complexity index is 329. The third kappa shape index (κ3) is 2.60. The lowest BCUT2D eigenvalue weighted by Crippen LogP contribution is -2.13. The molecule has 0 aliphatic rings. The van der Waals surface area contributed by atoms with Crippen LogP contribution in [0.4, 0.5) is 0 Å². The second kappa shape index (κ2) is 5.04. The Labute approximate surface area is 81.1 Å². The Morgan fingerprint density at radius 2 is 2.00 bits per heavy atom. The van der Waals surface area contributed by atoms with E-state index in [4.69, 9.17) is 14.9 Å². The van der Waals surface area contributed by atoms with Crippen LogP contribution in [-0.2, 0) is 4.79 Å². The largest absolute Gasteiger partial charge is 0.515 e. The minimum absolute atomic E-state index is 0.186. The van der Waals surface area contributed by atoms with Crippen LogP contribution in [0.2, 0.25) is 0 Å². The smallest absolute Gasteiger partial charge is 0.344 e. The fraction of sp³-hybridized carbons (Fsp3) is 0.100. The van der Waals surface area contributed by atoms with Gasteiger partial charge in [0.1, 0.15) is 5.75 Å². The van der Waals surface area contributed by atoms with Gasteiger partial charge in [0, 0.05) is 0 Å². The summed E-state index contributed by atoms with van der Waals surface area (Å²) in [5.41, 5.74) is -0.186. The first-order valence-corrected chi connectivity index (χ1v) is 3.99. The zero-order valence-electron chi connectivity index (χ0n) is 7.38. The highest BCUT2D eigenvalue weighted by atomic mass is 16.5. The van der Waals surface area contributed by atoms with Gasteiger partial charge in [0.2, 0.25) is 0 Å². The summed E-state index contributed by atoms with van der Waals surface area (Å²) in [6.07, 6.45) is 0.533. The van der Waals surface area contributed by atoms with Crippen molar-refractivity contribution < 1.29 is 19.7 Å². The summed E-state index contributed by atoms with van der Waals surface area (Å²) in [7, 11) is 0. The van der Waals surface area contributed by atoms with Gasteiger partial charge in [-0.25, -0.2) is 4.79 Å². The Hall–Kier alpha value is -1.81. The summed E-state index contributed by atoms with van der Waals surface area (Å²) in [5, 5.41) is 17.2. The maximum atomic E-state index is 11.2. The maximum Gasteiger partial charge on any atom is 0.344 e. The Balaban J connectivity index is 2.66. The number of ether oxygens (including phenoxy) is 1. The number of benzene rings is 1. The summed E-state index contributed by atoms with van der Waals surface area (Å²) in [5.74, 6) is -0.397. The number of rotatable bonds is 3. The lowest BCUT2D eigenvalue weighted by Gasteiger charge is -2.03. The van der Waals surface area contributed by atoms with Gasteiger partial charge in [-0.3, -0.25) is 0 Å². The van der Waals surface area contributed by atoms with Crippen molar-refractivity contribution in [2.45, 2.75) is 0 Å². The molecule has 0 saturated heterocycles. The zero-order chi connectivity index (χ0) is 10.4. The van der Waals surface area contributed by atoms with E-state index in [-0.39, 0.29) is 5.57 Å². The van der Waals surface area contributed by atoms with Crippen LogP contribution in [0.25, 0.3) is 0 Å². The molecule has 0 unspecified atom stereocenters. The molecule has 0 heterocycles. The second-order valence-electron chi connectivity index (χ2n) is 2.52. The summed E-state index contributed by atoms with van der Waals surface area (Å²) >= 11 is 0. The highest BCUT2D eigenvalue weighted by Gasteiger charge is 2.10. The number of hydrogen-bond acceptors (Lipinski definition) is 4. The lowest BCUT2D eigenvalue weighted by atomic mass is 10.3. The highest BCUT2D eigenvalue weighted by Crippen LogP contribution is 2.10. The van der Waals surface area contributed by atoms with E-state index < -0.39 is 12.6 Å². The number of para-hydroxylation sites is 1. The topological polar surface area (TPSA) is 66.8 Å². The monoisotopic (exact) mass is 194 g/mol. The van der Waals surface area contributed by atoms with Gasteiger partial charge >= 0.3 is 5.97 Å². The van der Waals surface area contributed by atoms with Crippen molar-refractivity contribution in [3.05, 3.63) is 42.2 Å². The first-order chi connectivity index (χ1) is 6.77. The van der Waals surface area contributed by atoms with Crippen LogP contribution in [-0.4, -0.2) is 22.8 Å². The first kappa shape index (κ1) is 10.3. The van der Waals surface area contributed by atoms with Gasteiger partial charge in [0.15, 0.2) is 0 Å². The van der Waals surface area contributed by atoms with Crippen molar-refractivity contribution in [3.63, 3.8) is 0 Å². The number of esters is 1. The highest BCUT2D eigenvalue weighted by molar-refractivity contribution is 5.90. The van der Waals surface area contributed by atoms with Crippen LogP contribution in [0.1, 0.15) is 0 Å². The number of aliphatic hydroxyl groups excluding tert-OH is 2. The van der Waals surface area contributed by atoms with Crippen LogP contribution < -0.4 is 4.74 Å². The minimum atomic E-state index is -0.763. The Morgan fingerprint density at radius 3 is 2.50 bits per heavy atom. The van der Waals surface area contributed by atoms with Crippen LogP contribution >= 0.6 is 0 Å². The molecule has 0 spiro atoms. The average Bonchev–Trinajstić information content (AvgIpc) is 2.21. The van der Waals surface area contributed by atoms with E-state index in [2.05, 4.69) is 0 Å². The molecule has 0 aliphatic heterocycles. The molecule has 0 radical (unpaired) electrons. The molecule has 1 rings (SSSR count). The zero-order valence-corrected chi connectivity index (χ0v) is 7.38. The van der Waals surface area contributed by atoms with E-state index in [9.17, 15) is 4.79 Å². The Morgan fingerprint density at radius 1 is 1.36 bits per heavy atom. The van der Waals surface area contributed by atoms with Gasteiger partial charge in [0.25, 0.3) is 0 Å². The molecule has 0 bridgehead atoms. The molecule has 1 aromatic carbocycles. The molecule has 1 aromatic rings. The van der Waals surface area contributed by atoms with Crippen molar-refractivity contribution in [2.75, 3.05) is 6.61 Å². The molecule has 4 heteroatoms. The molecule has 0 amide bonds. The summed E-state index contributed by atoms with van der Waals surface area (Å²) in [6, 6.07) is 8.41. The number of aliphatic hydroxyl groups is 2. The van der Waals surface area contributed by atoms with E-state index in [0.29, 0.717) is 12.0 Å². The van der Waals surface area contributed by atoms with E-state index in [1.165, 1.54) is 0 Å². The third-order valence-electron chi connectivity index (χ3n) is 1.54. The first-order valence-electron chi connectivity index (χ1n) is 3.99. The van der Waals surface area contributed by atoms with Crippen LogP contribution in [0, 0.1) is 0 Å². The fourth-order valence-corrected chi connectivity index (χ4v) is 0.819. The predicted molar refractivity (Wildman–Crippen MR) is 49.9 cm³/mol. The van der Waals surface area contributed by atoms with Gasteiger partial charge < -0.3 is 14.9 Å². The predicted octanol–water partition coefficient (Wildman–Crippen LogP) is 1.03. The van der Waals surface area contributed by atoms with Crippen LogP contribution in [0.15, 0.2) is 42.2 Å². The maximum absolute atomic E-state index is 11.2. The fourth-order valence-electron chi connectivity index (χ4n) is 0.819. The van der Waals surface area contributed by atoms with Gasteiger partial charge in [-0.2, -0.15) is 0 Å². The van der Waals surface area contributed by atoms with E-state index in [0.717, 1.165) is 0 Å². The van der Waals surface area contributed by atoms with Gasteiger partial charge in [0.05, 0.1) is 18.4 Å². The van der Waals surface area contributed by atoms with E-state index in [1.807, 2.05) is 0 Å². The molecule has 0 fully saturated rings. The molecular formula is C10H10O4. The Kier molecular flexibility index (Phi) is 3.69. The molecule has 0 atom stereocenters. The SMILES string of the molecule is O=C(Oc1ccccc1)C(=CO)CO. The molecule has 2 N–H and O–H groups in total. The summed E-state index contributed by atoms with van der Waals surface area (Å²) in [6.45, 7) is -0.553. The number of hydrogen-bond donors (Lipinski definition) is 2. The van der Waals surface area contributed by atoms with Crippen LogP contribution in [0.5, 0.6) is 5.75 Å². The number of carbonyl (C=O) groups is 1. The van der Waals surface area contributed by atoms with Crippen molar-refractivity contribution >= 4 is 5.97 Å². The number of carbonyl (C=O) groups excluding carboxylic acids is 1. The van der Waals surface area contributed by atoms with E-state index in [1.54, 1.807) is 30.3 Å². The standard InChI is InChI=1S/C10H10O4/c11-6-8(7-12)10(13)14-9-4-2-1-3-5-9/h1-6,11-12H,7H2. The van der Waals surface area contributed by atoms with Crippen molar-refractivity contribution in [1.29, 1.82) is 0 Å². The minimum Gasteiger partial charge on any atom is -0.515 e. The molecule has 0 saturated carbocycles. The molecule has 4 nitrogen and oxygen atoms in total. The van der Waals surface area contributed by atoms with Gasteiger partial charge in [-0.15, -0.1) is 0 Å². The van der Waals surface area contributed by atoms with Crippen molar-refractivity contribution in [3.8, 4) is 5.75 Å². The molecule has 14 heavy (non-hydrogen) atoms. The average molecular weight is 194 g/mol. The normalized spacial score (nSPS) is 11.1. The molecule has 0 aliphatic carbocycles. The molecule has 0 aromatic heterocycles. The van der Waals surface area contributed by atoms with Crippen LogP contribution in [0.3, 0.4) is 0 Å². The van der Waals surface area contributed by atoms with Crippen molar-refractivity contribution in [1.82, 2.24) is 0 Å². The molecular weight excluding hydrogens is 184 g/mol. The quantitative estimate of drug-likeness (QED) is 0.326. The van der Waals surface area contributed by atoms with Gasteiger partial charge in [-0.05, 0) is 12.1 Å². The summed E-state index contributed by atoms with van der Waals surface area (Å²) in [4.78, 5) is 11.2. The van der Waals surface area contributed by atoms with Gasteiger partial charge in [-0.1, -0.05) is 18.2 Å². The van der Waals surface area contributed by atoms with E-state index >= 15 is 0 Å². The molecule has 74 valence electrons. The summed E-state index contributed by atoms with van der Waals surface area (Å²) < 4.78 is 4.83. The lowest BCUT2D eigenvalue weighted by molar-refractivity contribution is -0.130. The van der Waals surface area contributed by atoms with Crippen molar-refractivity contribution in [2.24, 2.45) is 0 Å². The second-order valence-corrected chi connectivity index (χ2v) is 2.52.